The molecule has 7 heteroatoms. The first kappa shape index (κ1) is 18.2. The number of hydrogen-bond acceptors (Lipinski definition) is 4. The first-order valence-electron chi connectivity index (χ1n) is 6.87. The van der Waals surface area contributed by atoms with Gasteiger partial charge >= 0.3 is 6.09 Å². The minimum atomic E-state index is -1.00. The Bertz CT molecular complexity index is 530. The number of hydrogen-bond donors (Lipinski definition) is 2. The number of carbonyl (C=O) groups excluding carboxylic acids is 1. The normalized spacial score (nSPS) is 12.7. The summed E-state index contributed by atoms with van der Waals surface area (Å²) in [5, 5.41) is 2.56. The summed E-state index contributed by atoms with van der Waals surface area (Å²) in [6.07, 6.45) is -0.604. The molecule has 1 rings (SSSR count). The summed E-state index contributed by atoms with van der Waals surface area (Å²) in [4.78, 5) is 11.6. The van der Waals surface area contributed by atoms with Crippen molar-refractivity contribution in [1.82, 2.24) is 5.32 Å². The topological polar surface area (TPSA) is 73.6 Å². The number of amides is 1. The van der Waals surface area contributed by atoms with Crippen LogP contribution in [0.1, 0.15) is 32.3 Å². The highest BCUT2D eigenvalue weighted by molar-refractivity contribution is 5.67. The van der Waals surface area contributed by atoms with Gasteiger partial charge in [0.2, 0.25) is 0 Å². The van der Waals surface area contributed by atoms with Crippen LogP contribution < -0.4 is 15.8 Å². The molecule has 1 amide bonds. The number of rotatable bonds is 5. The van der Waals surface area contributed by atoms with Crippen molar-refractivity contribution < 1.29 is 23.0 Å². The van der Waals surface area contributed by atoms with Gasteiger partial charge in [-0.2, -0.15) is 0 Å². The molecule has 0 bridgehead atoms. The molecule has 124 valence electrons. The molecule has 3 N–H and O–H groups in total. The van der Waals surface area contributed by atoms with Gasteiger partial charge in [-0.15, -0.1) is 0 Å². The van der Waals surface area contributed by atoms with Gasteiger partial charge in [0, 0.05) is 30.6 Å². The van der Waals surface area contributed by atoms with E-state index in [1.807, 2.05) is 0 Å². The lowest BCUT2D eigenvalue weighted by Gasteiger charge is -2.22. The number of ether oxygens (including phenoxy) is 2. The summed E-state index contributed by atoms with van der Waals surface area (Å²) >= 11 is 0. The summed E-state index contributed by atoms with van der Waals surface area (Å²) < 4.78 is 36.8. The smallest absolute Gasteiger partial charge is 0.407 e. The number of nitrogens with one attached hydrogen (secondary N) is 1. The Morgan fingerprint density at radius 2 is 1.91 bits per heavy atom. The molecule has 0 spiro atoms. The van der Waals surface area contributed by atoms with Crippen LogP contribution in [0.25, 0.3) is 0 Å². The fourth-order valence-corrected chi connectivity index (χ4v) is 1.88. The van der Waals surface area contributed by atoms with Crippen molar-refractivity contribution in [2.24, 2.45) is 5.73 Å². The number of halogens is 2. The molecule has 0 aliphatic rings. The standard InChI is InChI=1S/C15H22F2N2O3/c1-15(2,3)22-14(20)19-8-9(7-18)10-5-11(16)12(17)6-13(10)21-4/h5-6,9H,7-8,18H2,1-4H3,(H,19,20). The van der Waals surface area contributed by atoms with Crippen molar-refractivity contribution in [1.29, 1.82) is 0 Å². The van der Waals surface area contributed by atoms with Crippen LogP contribution in [0.4, 0.5) is 13.6 Å². The van der Waals surface area contributed by atoms with E-state index in [2.05, 4.69) is 5.32 Å². The quantitative estimate of drug-likeness (QED) is 0.875. The molecule has 0 saturated heterocycles. The van der Waals surface area contributed by atoms with Gasteiger partial charge in [0.15, 0.2) is 11.6 Å². The second-order valence-corrected chi connectivity index (χ2v) is 5.82. The van der Waals surface area contributed by atoms with Crippen LogP contribution in [0.15, 0.2) is 12.1 Å². The van der Waals surface area contributed by atoms with E-state index in [9.17, 15) is 13.6 Å². The van der Waals surface area contributed by atoms with Gasteiger partial charge < -0.3 is 20.5 Å². The van der Waals surface area contributed by atoms with E-state index < -0.39 is 29.2 Å². The van der Waals surface area contributed by atoms with Crippen LogP contribution >= 0.6 is 0 Å². The Balaban J connectivity index is 2.84. The highest BCUT2D eigenvalue weighted by atomic mass is 19.2. The predicted molar refractivity (Wildman–Crippen MR) is 78.9 cm³/mol. The Hall–Kier alpha value is -1.89. The van der Waals surface area contributed by atoms with Crippen molar-refractivity contribution in [3.05, 3.63) is 29.3 Å². The molecular formula is C15H22F2N2O3. The van der Waals surface area contributed by atoms with Crippen molar-refractivity contribution in [3.8, 4) is 5.75 Å². The van der Waals surface area contributed by atoms with Gasteiger partial charge in [-0.25, -0.2) is 13.6 Å². The zero-order valence-electron chi connectivity index (χ0n) is 13.2. The molecule has 22 heavy (non-hydrogen) atoms. The Morgan fingerprint density at radius 3 is 2.41 bits per heavy atom. The lowest BCUT2D eigenvalue weighted by molar-refractivity contribution is 0.0524. The first-order chi connectivity index (χ1) is 10.2. The second kappa shape index (κ2) is 7.40. The molecule has 0 heterocycles. The lowest BCUT2D eigenvalue weighted by atomic mass is 9.97. The SMILES string of the molecule is COc1cc(F)c(F)cc1C(CN)CNC(=O)OC(C)(C)C. The Kier molecular flexibility index (Phi) is 6.11. The van der Waals surface area contributed by atoms with E-state index >= 15 is 0 Å². The summed E-state index contributed by atoms with van der Waals surface area (Å²) in [7, 11) is 1.35. The monoisotopic (exact) mass is 316 g/mol. The average Bonchev–Trinajstić information content (AvgIpc) is 2.40. The number of nitrogens with two attached hydrogens (primary N) is 1. The van der Waals surface area contributed by atoms with Crippen LogP contribution in [-0.2, 0) is 4.74 Å². The van der Waals surface area contributed by atoms with E-state index in [0.29, 0.717) is 5.56 Å². The molecule has 1 atom stereocenters. The molecular weight excluding hydrogens is 294 g/mol. The van der Waals surface area contributed by atoms with E-state index in [1.54, 1.807) is 20.8 Å². The largest absolute Gasteiger partial charge is 0.496 e. The minimum Gasteiger partial charge on any atom is -0.496 e. The van der Waals surface area contributed by atoms with Gasteiger partial charge in [0.1, 0.15) is 11.4 Å². The van der Waals surface area contributed by atoms with E-state index in [4.69, 9.17) is 15.2 Å². The maximum atomic E-state index is 13.4. The van der Waals surface area contributed by atoms with E-state index in [1.165, 1.54) is 7.11 Å². The van der Waals surface area contributed by atoms with E-state index in [0.717, 1.165) is 12.1 Å². The van der Waals surface area contributed by atoms with Crippen molar-refractivity contribution in [2.45, 2.75) is 32.3 Å². The van der Waals surface area contributed by atoms with Crippen molar-refractivity contribution >= 4 is 6.09 Å². The third-order valence-corrected chi connectivity index (χ3v) is 2.89. The minimum absolute atomic E-state index is 0.118. The van der Waals surface area contributed by atoms with E-state index in [-0.39, 0.29) is 18.8 Å². The average molecular weight is 316 g/mol. The fourth-order valence-electron chi connectivity index (χ4n) is 1.88. The number of carbonyl (C=O) groups is 1. The van der Waals surface area contributed by atoms with Crippen LogP contribution in [-0.4, -0.2) is 31.9 Å². The highest BCUT2D eigenvalue weighted by Crippen LogP contribution is 2.28. The summed E-state index contributed by atoms with van der Waals surface area (Å²) in [6.45, 7) is 5.46. The molecule has 1 unspecified atom stereocenters. The van der Waals surface area contributed by atoms with Gasteiger partial charge in [0.05, 0.1) is 7.11 Å². The number of methoxy groups -OCH3 is 1. The maximum absolute atomic E-state index is 13.4. The van der Waals surface area contributed by atoms with Crippen molar-refractivity contribution in [3.63, 3.8) is 0 Å². The molecule has 1 aromatic carbocycles. The van der Waals surface area contributed by atoms with Gasteiger partial charge in [-0.1, -0.05) is 0 Å². The summed E-state index contributed by atoms with van der Waals surface area (Å²) in [5.41, 5.74) is 5.43. The van der Waals surface area contributed by atoms with Crippen LogP contribution in [0.2, 0.25) is 0 Å². The van der Waals surface area contributed by atoms with Gasteiger partial charge in [-0.05, 0) is 26.8 Å². The molecule has 1 aromatic rings. The lowest BCUT2D eigenvalue weighted by Crippen LogP contribution is -2.36. The van der Waals surface area contributed by atoms with Crippen LogP contribution in [0.3, 0.4) is 0 Å². The highest BCUT2D eigenvalue weighted by Gasteiger charge is 2.21. The zero-order chi connectivity index (χ0) is 16.9. The summed E-state index contributed by atoms with van der Waals surface area (Å²) in [6, 6.07) is 1.99. The van der Waals surface area contributed by atoms with Gasteiger partial charge in [-0.3, -0.25) is 0 Å². The first-order valence-corrected chi connectivity index (χ1v) is 6.87. The third-order valence-electron chi connectivity index (χ3n) is 2.89. The second-order valence-electron chi connectivity index (χ2n) is 5.82. The number of benzene rings is 1. The molecule has 5 nitrogen and oxygen atoms in total. The predicted octanol–water partition coefficient (Wildman–Crippen LogP) is 2.54. The third kappa shape index (κ3) is 5.14. The Morgan fingerprint density at radius 1 is 1.32 bits per heavy atom. The summed E-state index contributed by atoms with van der Waals surface area (Å²) in [5.74, 6) is -2.25. The van der Waals surface area contributed by atoms with Crippen LogP contribution in [0.5, 0.6) is 5.75 Å². The van der Waals surface area contributed by atoms with Crippen LogP contribution in [0, 0.1) is 11.6 Å². The molecule has 0 saturated carbocycles. The molecule has 0 aliphatic heterocycles. The molecule has 0 radical (unpaired) electrons. The maximum Gasteiger partial charge on any atom is 0.407 e. The fraction of sp³-hybridized carbons (Fsp3) is 0.533. The van der Waals surface area contributed by atoms with Gasteiger partial charge in [0.25, 0.3) is 0 Å². The zero-order valence-corrected chi connectivity index (χ0v) is 13.2. The molecule has 0 fully saturated rings. The molecule has 0 aliphatic carbocycles. The van der Waals surface area contributed by atoms with Crippen molar-refractivity contribution in [2.75, 3.05) is 20.2 Å². The number of alkyl carbamates (subject to hydrolysis) is 1. The Labute approximate surface area is 128 Å². The molecule has 0 aromatic heterocycles.